The number of hydrogen-bond donors (Lipinski definition) is 1. The molecule has 0 saturated carbocycles. The zero-order valence-corrected chi connectivity index (χ0v) is 9.53. The lowest BCUT2D eigenvalue weighted by Crippen LogP contribution is -2.17. The van der Waals surface area contributed by atoms with Crippen LogP contribution in [0.4, 0.5) is 0 Å². The summed E-state index contributed by atoms with van der Waals surface area (Å²) in [6.07, 6.45) is 0. The Morgan fingerprint density at radius 1 is 1.31 bits per heavy atom. The van der Waals surface area contributed by atoms with Crippen LogP contribution in [0.2, 0.25) is 0 Å². The average molecular weight is 222 g/mol. The SMILES string of the molecule is CCOC(=O)c1cc(C(N)=O)c(C)nc1C. The Kier molecular flexibility index (Phi) is 3.60. The van der Waals surface area contributed by atoms with Crippen molar-refractivity contribution >= 4 is 11.9 Å². The molecule has 0 radical (unpaired) electrons. The Labute approximate surface area is 93.6 Å². The molecule has 16 heavy (non-hydrogen) atoms. The summed E-state index contributed by atoms with van der Waals surface area (Å²) in [4.78, 5) is 26.7. The van der Waals surface area contributed by atoms with Crippen molar-refractivity contribution in [1.82, 2.24) is 4.98 Å². The molecule has 1 aromatic heterocycles. The quantitative estimate of drug-likeness (QED) is 0.772. The minimum atomic E-state index is -0.601. The first-order valence-electron chi connectivity index (χ1n) is 4.92. The fourth-order valence-corrected chi connectivity index (χ4v) is 1.39. The number of hydrogen-bond acceptors (Lipinski definition) is 4. The van der Waals surface area contributed by atoms with Gasteiger partial charge >= 0.3 is 5.97 Å². The lowest BCUT2D eigenvalue weighted by molar-refractivity contribution is 0.0525. The molecule has 5 nitrogen and oxygen atoms in total. The maximum atomic E-state index is 11.5. The molecule has 1 amide bonds. The molecule has 1 aromatic rings. The van der Waals surface area contributed by atoms with E-state index < -0.39 is 11.9 Å². The van der Waals surface area contributed by atoms with Crippen LogP contribution in [-0.2, 0) is 4.74 Å². The Morgan fingerprint density at radius 3 is 2.38 bits per heavy atom. The van der Waals surface area contributed by atoms with Crippen LogP contribution in [0.5, 0.6) is 0 Å². The van der Waals surface area contributed by atoms with Gasteiger partial charge in [0.2, 0.25) is 0 Å². The van der Waals surface area contributed by atoms with E-state index >= 15 is 0 Å². The molecule has 0 saturated heterocycles. The monoisotopic (exact) mass is 222 g/mol. The predicted octanol–water partition coefficient (Wildman–Crippen LogP) is 0.974. The van der Waals surface area contributed by atoms with Gasteiger partial charge < -0.3 is 10.5 Å². The maximum absolute atomic E-state index is 11.5. The molecule has 0 bridgehead atoms. The average Bonchev–Trinajstić information content (AvgIpc) is 2.17. The lowest BCUT2D eigenvalue weighted by Gasteiger charge is -2.08. The molecule has 0 spiro atoms. The van der Waals surface area contributed by atoms with Crippen LogP contribution < -0.4 is 5.73 Å². The minimum Gasteiger partial charge on any atom is -0.462 e. The number of amides is 1. The Morgan fingerprint density at radius 2 is 1.88 bits per heavy atom. The second-order valence-corrected chi connectivity index (χ2v) is 3.34. The Bertz CT molecular complexity index is 441. The number of nitrogens with two attached hydrogens (primary N) is 1. The molecule has 0 fully saturated rings. The second kappa shape index (κ2) is 4.74. The van der Waals surface area contributed by atoms with Crippen molar-refractivity contribution in [3.63, 3.8) is 0 Å². The van der Waals surface area contributed by atoms with Crippen molar-refractivity contribution in [2.45, 2.75) is 20.8 Å². The van der Waals surface area contributed by atoms with Gasteiger partial charge in [-0.05, 0) is 26.8 Å². The first-order chi connectivity index (χ1) is 7.47. The van der Waals surface area contributed by atoms with Gasteiger partial charge in [-0.2, -0.15) is 0 Å². The summed E-state index contributed by atoms with van der Waals surface area (Å²) in [5, 5.41) is 0. The van der Waals surface area contributed by atoms with E-state index in [-0.39, 0.29) is 17.7 Å². The van der Waals surface area contributed by atoms with Crippen LogP contribution >= 0.6 is 0 Å². The molecular formula is C11H14N2O3. The standard InChI is InChI=1S/C11H14N2O3/c1-4-16-11(15)9-5-8(10(12)14)6(2)13-7(9)3/h5H,4H2,1-3H3,(H2,12,14). The van der Waals surface area contributed by atoms with Crippen molar-refractivity contribution in [3.05, 3.63) is 28.6 Å². The first-order valence-corrected chi connectivity index (χ1v) is 4.92. The van der Waals surface area contributed by atoms with Gasteiger partial charge in [0.25, 0.3) is 5.91 Å². The summed E-state index contributed by atoms with van der Waals surface area (Å²) in [7, 11) is 0. The van der Waals surface area contributed by atoms with Gasteiger partial charge in [0.05, 0.1) is 29.1 Å². The zero-order valence-electron chi connectivity index (χ0n) is 9.53. The number of pyridine rings is 1. The van der Waals surface area contributed by atoms with E-state index in [2.05, 4.69) is 4.98 Å². The highest BCUT2D eigenvalue weighted by Gasteiger charge is 2.16. The summed E-state index contributed by atoms with van der Waals surface area (Å²) in [6, 6.07) is 1.43. The number of carbonyl (C=O) groups excluding carboxylic acids is 2. The number of ether oxygens (including phenoxy) is 1. The van der Waals surface area contributed by atoms with Crippen molar-refractivity contribution < 1.29 is 14.3 Å². The van der Waals surface area contributed by atoms with Gasteiger partial charge in [0, 0.05) is 0 Å². The smallest absolute Gasteiger partial charge is 0.339 e. The summed E-state index contributed by atoms with van der Waals surface area (Å²) >= 11 is 0. The van der Waals surface area contributed by atoms with Crippen LogP contribution in [0.3, 0.4) is 0 Å². The van der Waals surface area contributed by atoms with E-state index in [1.165, 1.54) is 6.07 Å². The van der Waals surface area contributed by atoms with E-state index in [9.17, 15) is 9.59 Å². The highest BCUT2D eigenvalue weighted by Crippen LogP contribution is 2.13. The molecule has 0 aliphatic carbocycles. The number of nitrogens with zero attached hydrogens (tertiary/aromatic N) is 1. The van der Waals surface area contributed by atoms with Crippen molar-refractivity contribution in [3.8, 4) is 0 Å². The summed E-state index contributed by atoms with van der Waals surface area (Å²) in [5.41, 5.74) is 6.74. The fraction of sp³-hybridized carbons (Fsp3) is 0.364. The normalized spacial score (nSPS) is 9.94. The fourth-order valence-electron chi connectivity index (χ4n) is 1.39. The van der Waals surface area contributed by atoms with E-state index in [0.717, 1.165) is 0 Å². The molecule has 1 rings (SSSR count). The number of esters is 1. The van der Waals surface area contributed by atoms with E-state index in [1.807, 2.05) is 0 Å². The van der Waals surface area contributed by atoms with Gasteiger partial charge in [0.15, 0.2) is 0 Å². The highest BCUT2D eigenvalue weighted by atomic mass is 16.5. The van der Waals surface area contributed by atoms with Gasteiger partial charge in [0.1, 0.15) is 0 Å². The van der Waals surface area contributed by atoms with Crippen LogP contribution in [0.1, 0.15) is 39.0 Å². The third kappa shape index (κ3) is 2.36. The molecule has 0 aliphatic rings. The molecule has 0 unspecified atom stereocenters. The molecule has 2 N–H and O–H groups in total. The molecule has 86 valence electrons. The largest absolute Gasteiger partial charge is 0.462 e. The van der Waals surface area contributed by atoms with Crippen LogP contribution in [0, 0.1) is 13.8 Å². The van der Waals surface area contributed by atoms with Crippen LogP contribution in [0.25, 0.3) is 0 Å². The highest BCUT2D eigenvalue weighted by molar-refractivity contribution is 5.98. The van der Waals surface area contributed by atoms with Gasteiger partial charge in [-0.25, -0.2) is 4.79 Å². The van der Waals surface area contributed by atoms with Gasteiger partial charge in [-0.1, -0.05) is 0 Å². The molecule has 5 heteroatoms. The predicted molar refractivity (Wildman–Crippen MR) is 58.2 cm³/mol. The molecule has 0 atom stereocenters. The summed E-state index contributed by atoms with van der Waals surface area (Å²) < 4.78 is 4.85. The van der Waals surface area contributed by atoms with E-state index in [0.29, 0.717) is 11.4 Å². The molecular weight excluding hydrogens is 208 g/mol. The second-order valence-electron chi connectivity index (χ2n) is 3.34. The topological polar surface area (TPSA) is 82.3 Å². The number of primary amides is 1. The number of aryl methyl sites for hydroxylation is 2. The first kappa shape index (κ1) is 12.2. The lowest BCUT2D eigenvalue weighted by atomic mass is 10.1. The molecule has 0 aromatic carbocycles. The number of rotatable bonds is 3. The number of carbonyl (C=O) groups is 2. The zero-order chi connectivity index (χ0) is 12.3. The van der Waals surface area contributed by atoms with Crippen LogP contribution in [0.15, 0.2) is 6.07 Å². The Hall–Kier alpha value is -1.91. The Balaban J connectivity index is 3.24. The molecule has 0 aliphatic heterocycles. The van der Waals surface area contributed by atoms with E-state index in [1.54, 1.807) is 20.8 Å². The third-order valence-corrected chi connectivity index (χ3v) is 2.16. The number of aromatic nitrogens is 1. The maximum Gasteiger partial charge on any atom is 0.339 e. The van der Waals surface area contributed by atoms with Gasteiger partial charge in [-0.3, -0.25) is 9.78 Å². The van der Waals surface area contributed by atoms with Crippen molar-refractivity contribution in [1.29, 1.82) is 0 Å². The summed E-state index contributed by atoms with van der Waals surface area (Å²) in [6.45, 7) is 5.34. The van der Waals surface area contributed by atoms with E-state index in [4.69, 9.17) is 10.5 Å². The summed E-state index contributed by atoms with van der Waals surface area (Å²) in [5.74, 6) is -1.09. The van der Waals surface area contributed by atoms with Crippen molar-refractivity contribution in [2.75, 3.05) is 6.61 Å². The van der Waals surface area contributed by atoms with Gasteiger partial charge in [-0.15, -0.1) is 0 Å². The van der Waals surface area contributed by atoms with Crippen molar-refractivity contribution in [2.24, 2.45) is 5.73 Å². The minimum absolute atomic E-state index is 0.244. The van der Waals surface area contributed by atoms with Crippen LogP contribution in [-0.4, -0.2) is 23.5 Å². The molecule has 1 heterocycles. The third-order valence-electron chi connectivity index (χ3n) is 2.16.